The van der Waals surface area contributed by atoms with Crippen LogP contribution in [0.4, 0.5) is 0 Å². The number of hydrogen-bond donors (Lipinski definition) is 2. The molecule has 1 aliphatic heterocycles. The average Bonchev–Trinajstić information content (AvgIpc) is 3.26. The molecule has 2 fully saturated rings. The van der Waals surface area contributed by atoms with Crippen LogP contribution in [0.1, 0.15) is 48.9 Å². The maximum absolute atomic E-state index is 12.5. The number of aromatic amines is 1. The lowest BCUT2D eigenvalue weighted by Gasteiger charge is -2.37. The standard InChI is InChI=1S/C18H24N4O/c23-18(13-7-8-17-14(10-13)11-19-21-17)20-15-4-3-9-22(12-15)16-5-1-2-6-16/h7-8,10-11,15-16H,1-6,9,12H2,(H,19,21)(H,20,23)/t15-/m0/s1. The van der Waals surface area contributed by atoms with E-state index in [1.165, 1.54) is 38.6 Å². The van der Waals surface area contributed by atoms with Crippen molar-refractivity contribution in [2.24, 2.45) is 0 Å². The number of nitrogens with one attached hydrogen (secondary N) is 2. The molecular formula is C18H24N4O. The molecule has 1 amide bonds. The fourth-order valence-electron chi connectivity index (χ4n) is 4.08. The van der Waals surface area contributed by atoms with Gasteiger partial charge >= 0.3 is 0 Å². The van der Waals surface area contributed by atoms with Crippen molar-refractivity contribution < 1.29 is 4.79 Å². The SMILES string of the molecule is O=C(N[C@H]1CCCN(C2CCCC2)C1)c1ccc2[nH]ncc2c1. The molecule has 1 aliphatic carbocycles. The number of aromatic nitrogens is 2. The number of nitrogens with zero attached hydrogens (tertiary/aromatic N) is 2. The first kappa shape index (κ1) is 14.7. The average molecular weight is 312 g/mol. The number of amides is 1. The molecule has 1 aromatic heterocycles. The molecule has 23 heavy (non-hydrogen) atoms. The number of hydrogen-bond acceptors (Lipinski definition) is 3. The summed E-state index contributed by atoms with van der Waals surface area (Å²) in [5.41, 5.74) is 1.68. The highest BCUT2D eigenvalue weighted by Crippen LogP contribution is 2.26. The minimum atomic E-state index is 0.0337. The molecule has 2 heterocycles. The zero-order valence-corrected chi connectivity index (χ0v) is 13.4. The highest BCUT2D eigenvalue weighted by molar-refractivity contribution is 5.98. The Bertz CT molecular complexity index is 689. The largest absolute Gasteiger partial charge is 0.348 e. The predicted molar refractivity (Wildman–Crippen MR) is 90.4 cm³/mol. The second-order valence-electron chi connectivity index (χ2n) is 6.92. The van der Waals surface area contributed by atoms with E-state index < -0.39 is 0 Å². The normalized spacial score (nSPS) is 23.4. The van der Waals surface area contributed by atoms with Gasteiger partial charge in [-0.05, 0) is 50.4 Å². The van der Waals surface area contributed by atoms with Crippen LogP contribution in [0.5, 0.6) is 0 Å². The molecule has 0 unspecified atom stereocenters. The van der Waals surface area contributed by atoms with Gasteiger partial charge in [0, 0.05) is 29.6 Å². The number of H-pyrrole nitrogens is 1. The van der Waals surface area contributed by atoms with Crippen LogP contribution >= 0.6 is 0 Å². The van der Waals surface area contributed by atoms with Crippen LogP contribution < -0.4 is 5.32 Å². The van der Waals surface area contributed by atoms with E-state index >= 15 is 0 Å². The summed E-state index contributed by atoms with van der Waals surface area (Å²) in [7, 11) is 0. The number of carbonyl (C=O) groups is 1. The van der Waals surface area contributed by atoms with Gasteiger partial charge in [0.1, 0.15) is 0 Å². The molecular weight excluding hydrogens is 288 g/mol. The van der Waals surface area contributed by atoms with E-state index in [1.807, 2.05) is 18.2 Å². The molecule has 1 saturated heterocycles. The van der Waals surface area contributed by atoms with E-state index in [0.717, 1.165) is 35.5 Å². The molecule has 2 aliphatic rings. The number of rotatable bonds is 3. The molecule has 5 heteroatoms. The van der Waals surface area contributed by atoms with Crippen molar-refractivity contribution in [2.75, 3.05) is 13.1 Å². The Hall–Kier alpha value is -1.88. The zero-order valence-electron chi connectivity index (χ0n) is 13.4. The highest BCUT2D eigenvalue weighted by atomic mass is 16.1. The molecule has 5 nitrogen and oxygen atoms in total. The van der Waals surface area contributed by atoms with Crippen LogP contribution in [-0.4, -0.2) is 46.2 Å². The smallest absolute Gasteiger partial charge is 0.251 e. The Morgan fingerprint density at radius 2 is 2.09 bits per heavy atom. The summed E-state index contributed by atoms with van der Waals surface area (Å²) in [5.74, 6) is 0.0337. The highest BCUT2D eigenvalue weighted by Gasteiger charge is 2.28. The number of carbonyl (C=O) groups excluding carboxylic acids is 1. The van der Waals surface area contributed by atoms with Crippen molar-refractivity contribution in [3.63, 3.8) is 0 Å². The van der Waals surface area contributed by atoms with Gasteiger partial charge in [-0.1, -0.05) is 12.8 Å². The lowest BCUT2D eigenvalue weighted by atomic mass is 10.0. The van der Waals surface area contributed by atoms with Crippen LogP contribution in [0.3, 0.4) is 0 Å². The first-order chi connectivity index (χ1) is 11.3. The molecule has 0 bridgehead atoms. The van der Waals surface area contributed by atoms with Gasteiger partial charge < -0.3 is 5.32 Å². The van der Waals surface area contributed by atoms with Crippen LogP contribution in [-0.2, 0) is 0 Å². The summed E-state index contributed by atoms with van der Waals surface area (Å²) in [5, 5.41) is 11.1. The van der Waals surface area contributed by atoms with Crippen molar-refractivity contribution in [3.8, 4) is 0 Å². The Morgan fingerprint density at radius 3 is 2.96 bits per heavy atom. The van der Waals surface area contributed by atoms with Gasteiger partial charge in [-0.2, -0.15) is 5.10 Å². The van der Waals surface area contributed by atoms with E-state index in [2.05, 4.69) is 20.4 Å². The fraction of sp³-hybridized carbons (Fsp3) is 0.556. The first-order valence-electron chi connectivity index (χ1n) is 8.77. The second-order valence-corrected chi connectivity index (χ2v) is 6.92. The summed E-state index contributed by atoms with van der Waals surface area (Å²) in [6, 6.07) is 6.72. The second kappa shape index (κ2) is 6.32. The summed E-state index contributed by atoms with van der Waals surface area (Å²) in [4.78, 5) is 15.1. The molecule has 2 aromatic rings. The number of fused-ring (bicyclic) bond motifs is 1. The van der Waals surface area contributed by atoms with Crippen LogP contribution in [0.25, 0.3) is 10.9 Å². The third-order valence-electron chi connectivity index (χ3n) is 5.33. The molecule has 4 rings (SSSR count). The lowest BCUT2D eigenvalue weighted by molar-refractivity contribution is 0.0875. The maximum atomic E-state index is 12.5. The van der Waals surface area contributed by atoms with E-state index in [0.29, 0.717) is 0 Å². The quantitative estimate of drug-likeness (QED) is 0.916. The van der Waals surface area contributed by atoms with Crippen molar-refractivity contribution in [2.45, 2.75) is 50.6 Å². The molecule has 122 valence electrons. The number of likely N-dealkylation sites (tertiary alicyclic amines) is 1. The van der Waals surface area contributed by atoms with E-state index in [-0.39, 0.29) is 11.9 Å². The molecule has 1 saturated carbocycles. The molecule has 0 spiro atoms. The van der Waals surface area contributed by atoms with Gasteiger partial charge in [-0.3, -0.25) is 14.8 Å². The minimum absolute atomic E-state index is 0.0337. The number of piperidine rings is 1. The third kappa shape index (κ3) is 3.11. The molecule has 1 aromatic carbocycles. The van der Waals surface area contributed by atoms with Crippen molar-refractivity contribution >= 4 is 16.8 Å². The zero-order chi connectivity index (χ0) is 15.6. The Balaban J connectivity index is 1.41. The Labute approximate surface area is 136 Å². The van der Waals surface area contributed by atoms with Crippen LogP contribution in [0.15, 0.2) is 24.4 Å². The van der Waals surface area contributed by atoms with E-state index in [4.69, 9.17) is 0 Å². The van der Waals surface area contributed by atoms with Gasteiger partial charge in [-0.15, -0.1) is 0 Å². The first-order valence-corrected chi connectivity index (χ1v) is 8.77. The van der Waals surface area contributed by atoms with Gasteiger partial charge in [0.25, 0.3) is 5.91 Å². The summed E-state index contributed by atoms with van der Waals surface area (Å²) >= 11 is 0. The summed E-state index contributed by atoms with van der Waals surface area (Å²) in [6.45, 7) is 2.20. The Morgan fingerprint density at radius 1 is 1.22 bits per heavy atom. The van der Waals surface area contributed by atoms with Gasteiger partial charge in [-0.25, -0.2) is 0 Å². The topological polar surface area (TPSA) is 61.0 Å². The maximum Gasteiger partial charge on any atom is 0.251 e. The fourth-order valence-corrected chi connectivity index (χ4v) is 4.08. The van der Waals surface area contributed by atoms with E-state index in [9.17, 15) is 4.79 Å². The Kier molecular flexibility index (Phi) is 4.04. The van der Waals surface area contributed by atoms with Crippen molar-refractivity contribution in [1.82, 2.24) is 20.4 Å². The summed E-state index contributed by atoms with van der Waals surface area (Å²) < 4.78 is 0. The van der Waals surface area contributed by atoms with Crippen LogP contribution in [0, 0.1) is 0 Å². The van der Waals surface area contributed by atoms with Crippen molar-refractivity contribution in [1.29, 1.82) is 0 Å². The predicted octanol–water partition coefficient (Wildman–Crippen LogP) is 2.70. The van der Waals surface area contributed by atoms with Gasteiger partial charge in [0.2, 0.25) is 0 Å². The monoisotopic (exact) mass is 312 g/mol. The van der Waals surface area contributed by atoms with E-state index in [1.54, 1.807) is 6.20 Å². The molecule has 2 N–H and O–H groups in total. The van der Waals surface area contributed by atoms with Gasteiger partial charge in [0.15, 0.2) is 0 Å². The number of benzene rings is 1. The molecule has 1 atom stereocenters. The van der Waals surface area contributed by atoms with Crippen LogP contribution in [0.2, 0.25) is 0 Å². The lowest BCUT2D eigenvalue weighted by Crippen LogP contribution is -2.50. The van der Waals surface area contributed by atoms with Gasteiger partial charge in [0.05, 0.1) is 11.7 Å². The third-order valence-corrected chi connectivity index (χ3v) is 5.33. The summed E-state index contributed by atoms with van der Waals surface area (Å²) in [6.07, 6.45) is 9.42. The molecule has 0 radical (unpaired) electrons. The van der Waals surface area contributed by atoms with Crippen molar-refractivity contribution in [3.05, 3.63) is 30.0 Å². The minimum Gasteiger partial charge on any atom is -0.348 e.